The topological polar surface area (TPSA) is 55.4 Å². The van der Waals surface area contributed by atoms with Crippen LogP contribution in [-0.2, 0) is 9.53 Å². The van der Waals surface area contributed by atoms with Crippen LogP contribution in [0.1, 0.15) is 40.9 Å². The average Bonchev–Trinajstić information content (AvgIpc) is 2.78. The zero-order valence-electron chi connectivity index (χ0n) is 11.8. The van der Waals surface area contributed by atoms with Crippen molar-refractivity contribution in [2.45, 2.75) is 38.6 Å². The van der Waals surface area contributed by atoms with Crippen molar-refractivity contribution in [2.75, 3.05) is 7.11 Å². The van der Waals surface area contributed by atoms with E-state index in [1.54, 1.807) is 11.3 Å². The Morgan fingerprint density at radius 2 is 2.20 bits per heavy atom. The molecule has 0 bridgehead atoms. The molecule has 0 aliphatic heterocycles. The van der Waals surface area contributed by atoms with Crippen LogP contribution < -0.4 is 5.32 Å². The molecule has 1 spiro atoms. The van der Waals surface area contributed by atoms with Crippen LogP contribution in [0.4, 0.5) is 0 Å². The molecular formula is C15H19NO3S. The number of carbonyl (C=O) groups excluding carboxylic acids is 2. The third-order valence-electron chi connectivity index (χ3n) is 4.93. The number of rotatable bonds is 3. The first-order valence-corrected chi connectivity index (χ1v) is 7.88. The standard InChI is InChI=1S/C15H19NO3S/c1-9-10(4-7-20-9)13(17)16-12-11(14(18)19-2)8-15(12)5-3-6-15/h4,7,11-12H,3,5-6,8H2,1-2H3,(H,16,17). The lowest BCUT2D eigenvalue weighted by molar-refractivity contribution is -0.163. The molecule has 1 aromatic rings. The molecule has 1 amide bonds. The number of hydrogen-bond acceptors (Lipinski definition) is 4. The van der Waals surface area contributed by atoms with E-state index < -0.39 is 0 Å². The highest BCUT2D eigenvalue weighted by molar-refractivity contribution is 7.10. The number of nitrogens with one attached hydrogen (secondary N) is 1. The van der Waals surface area contributed by atoms with E-state index >= 15 is 0 Å². The van der Waals surface area contributed by atoms with Gasteiger partial charge in [-0.25, -0.2) is 0 Å². The molecule has 3 rings (SSSR count). The van der Waals surface area contributed by atoms with Gasteiger partial charge in [0.2, 0.25) is 0 Å². The van der Waals surface area contributed by atoms with Crippen LogP contribution in [0.2, 0.25) is 0 Å². The fourth-order valence-electron chi connectivity index (χ4n) is 3.56. The van der Waals surface area contributed by atoms with E-state index in [0.29, 0.717) is 0 Å². The first-order valence-electron chi connectivity index (χ1n) is 7.00. The number of methoxy groups -OCH3 is 1. The number of ether oxygens (including phenoxy) is 1. The summed E-state index contributed by atoms with van der Waals surface area (Å²) in [4.78, 5) is 25.2. The summed E-state index contributed by atoms with van der Waals surface area (Å²) in [6.45, 7) is 1.94. The number of esters is 1. The zero-order valence-corrected chi connectivity index (χ0v) is 12.6. The minimum Gasteiger partial charge on any atom is -0.469 e. The van der Waals surface area contributed by atoms with Gasteiger partial charge in [0.1, 0.15) is 0 Å². The van der Waals surface area contributed by atoms with Gasteiger partial charge in [0, 0.05) is 10.9 Å². The van der Waals surface area contributed by atoms with Gasteiger partial charge in [0.05, 0.1) is 18.6 Å². The largest absolute Gasteiger partial charge is 0.469 e. The monoisotopic (exact) mass is 293 g/mol. The van der Waals surface area contributed by atoms with Crippen molar-refractivity contribution in [3.63, 3.8) is 0 Å². The van der Waals surface area contributed by atoms with Crippen molar-refractivity contribution in [2.24, 2.45) is 11.3 Å². The fourth-order valence-corrected chi connectivity index (χ4v) is 4.26. The normalized spacial score (nSPS) is 26.5. The summed E-state index contributed by atoms with van der Waals surface area (Å²) in [7, 11) is 1.41. The molecular weight excluding hydrogens is 274 g/mol. The summed E-state index contributed by atoms with van der Waals surface area (Å²) >= 11 is 1.56. The Bertz CT molecular complexity index is 547. The van der Waals surface area contributed by atoms with E-state index in [1.807, 2.05) is 18.4 Å². The summed E-state index contributed by atoms with van der Waals surface area (Å²) in [5.41, 5.74) is 0.873. The summed E-state index contributed by atoms with van der Waals surface area (Å²) in [5.74, 6) is -0.438. The third kappa shape index (κ3) is 1.95. The van der Waals surface area contributed by atoms with Crippen molar-refractivity contribution in [3.8, 4) is 0 Å². The smallest absolute Gasteiger partial charge is 0.310 e. The van der Waals surface area contributed by atoms with E-state index in [0.717, 1.165) is 29.7 Å². The second-order valence-corrected chi connectivity index (χ2v) is 7.01. The van der Waals surface area contributed by atoms with E-state index in [-0.39, 0.29) is 29.3 Å². The maximum Gasteiger partial charge on any atom is 0.310 e. The average molecular weight is 293 g/mol. The molecule has 5 heteroatoms. The number of hydrogen-bond donors (Lipinski definition) is 1. The van der Waals surface area contributed by atoms with E-state index in [9.17, 15) is 9.59 Å². The molecule has 2 saturated carbocycles. The highest BCUT2D eigenvalue weighted by Gasteiger charge is 2.60. The van der Waals surface area contributed by atoms with Crippen LogP contribution in [-0.4, -0.2) is 25.0 Å². The molecule has 0 aromatic carbocycles. The predicted octanol–water partition coefficient (Wildman–Crippen LogP) is 2.52. The van der Waals surface area contributed by atoms with E-state index in [4.69, 9.17) is 4.74 Å². The van der Waals surface area contributed by atoms with Gasteiger partial charge in [0.25, 0.3) is 5.91 Å². The molecule has 0 radical (unpaired) electrons. The van der Waals surface area contributed by atoms with Crippen LogP contribution in [0.15, 0.2) is 11.4 Å². The zero-order chi connectivity index (χ0) is 14.3. The van der Waals surface area contributed by atoms with Gasteiger partial charge >= 0.3 is 5.97 Å². The Morgan fingerprint density at radius 3 is 2.70 bits per heavy atom. The van der Waals surface area contributed by atoms with Crippen molar-refractivity contribution in [1.29, 1.82) is 0 Å². The molecule has 1 N–H and O–H groups in total. The van der Waals surface area contributed by atoms with Crippen molar-refractivity contribution >= 4 is 23.2 Å². The van der Waals surface area contributed by atoms with Gasteiger partial charge in [-0.15, -0.1) is 11.3 Å². The summed E-state index contributed by atoms with van der Waals surface area (Å²) in [6.07, 6.45) is 4.26. The van der Waals surface area contributed by atoms with Crippen molar-refractivity contribution in [3.05, 3.63) is 21.9 Å². The molecule has 4 nitrogen and oxygen atoms in total. The third-order valence-corrected chi connectivity index (χ3v) is 5.78. The lowest BCUT2D eigenvalue weighted by Crippen LogP contribution is -2.66. The molecule has 2 atom stereocenters. The van der Waals surface area contributed by atoms with Crippen LogP contribution >= 0.6 is 11.3 Å². The molecule has 20 heavy (non-hydrogen) atoms. The highest BCUT2D eigenvalue weighted by atomic mass is 32.1. The Kier molecular flexibility index (Phi) is 3.32. The Hall–Kier alpha value is -1.36. The lowest BCUT2D eigenvalue weighted by atomic mass is 9.48. The Morgan fingerprint density at radius 1 is 1.45 bits per heavy atom. The molecule has 108 valence electrons. The minimum absolute atomic E-state index is 0.0597. The first kappa shape index (κ1) is 13.6. The second kappa shape index (κ2) is 4.88. The van der Waals surface area contributed by atoms with Crippen molar-refractivity contribution in [1.82, 2.24) is 5.32 Å². The molecule has 2 unspecified atom stereocenters. The second-order valence-electron chi connectivity index (χ2n) is 5.89. The predicted molar refractivity (Wildman–Crippen MR) is 76.7 cm³/mol. The van der Waals surface area contributed by atoms with Crippen molar-refractivity contribution < 1.29 is 14.3 Å². The van der Waals surface area contributed by atoms with Gasteiger partial charge in [-0.2, -0.15) is 0 Å². The van der Waals surface area contributed by atoms with Crippen LogP contribution in [0.25, 0.3) is 0 Å². The first-order chi connectivity index (χ1) is 9.57. The summed E-state index contributed by atoms with van der Waals surface area (Å²) < 4.78 is 4.85. The van der Waals surface area contributed by atoms with E-state index in [2.05, 4.69) is 5.32 Å². The lowest BCUT2D eigenvalue weighted by Gasteiger charge is -2.59. The summed E-state index contributed by atoms with van der Waals surface area (Å²) in [5, 5.41) is 5.00. The van der Waals surface area contributed by atoms with Crippen LogP contribution in [0, 0.1) is 18.3 Å². The van der Waals surface area contributed by atoms with Gasteiger partial charge < -0.3 is 10.1 Å². The quantitative estimate of drug-likeness (QED) is 0.871. The van der Waals surface area contributed by atoms with E-state index in [1.165, 1.54) is 13.5 Å². The number of aryl methyl sites for hydroxylation is 1. The van der Waals surface area contributed by atoms with Gasteiger partial charge in [0.15, 0.2) is 0 Å². The molecule has 2 aliphatic carbocycles. The Labute approximate surface area is 122 Å². The Balaban J connectivity index is 1.74. The maximum absolute atomic E-state index is 12.4. The minimum atomic E-state index is -0.199. The maximum atomic E-state index is 12.4. The van der Waals surface area contributed by atoms with Crippen LogP contribution in [0.3, 0.4) is 0 Å². The SMILES string of the molecule is COC(=O)C1CC2(CCC2)C1NC(=O)c1ccsc1C. The molecule has 2 aliphatic rings. The molecule has 1 aromatic heterocycles. The molecule has 1 heterocycles. The van der Waals surface area contributed by atoms with Gasteiger partial charge in [-0.3, -0.25) is 9.59 Å². The van der Waals surface area contributed by atoms with Gasteiger partial charge in [-0.1, -0.05) is 6.42 Å². The molecule has 0 saturated heterocycles. The molecule has 2 fully saturated rings. The highest BCUT2D eigenvalue weighted by Crippen LogP contribution is 2.59. The van der Waals surface area contributed by atoms with Crippen LogP contribution in [0.5, 0.6) is 0 Å². The number of thiophene rings is 1. The number of carbonyl (C=O) groups is 2. The number of amides is 1. The fraction of sp³-hybridized carbons (Fsp3) is 0.600. The summed E-state index contributed by atoms with van der Waals surface area (Å²) in [6, 6.07) is 1.78. The van der Waals surface area contributed by atoms with Gasteiger partial charge in [-0.05, 0) is 43.0 Å².